The summed E-state index contributed by atoms with van der Waals surface area (Å²) in [5.74, 6) is -1.84. The number of anilines is 1. The van der Waals surface area contributed by atoms with E-state index in [4.69, 9.17) is 0 Å². The van der Waals surface area contributed by atoms with E-state index in [-0.39, 0.29) is 42.0 Å². The van der Waals surface area contributed by atoms with Crippen LogP contribution in [0.15, 0.2) is 30.4 Å². The molecule has 1 aromatic rings. The number of amides is 3. The predicted molar refractivity (Wildman–Crippen MR) is 84.2 cm³/mol. The maximum atomic E-state index is 13.3. The van der Waals surface area contributed by atoms with Crippen molar-refractivity contribution in [2.45, 2.75) is 13.3 Å². The zero-order valence-electron chi connectivity index (χ0n) is 13.2. The number of fused-ring (bicyclic) bond motifs is 5. The molecule has 3 amide bonds. The zero-order chi connectivity index (χ0) is 17.0. The van der Waals surface area contributed by atoms with Gasteiger partial charge in [0.25, 0.3) is 0 Å². The number of carbonyl (C=O) groups excluding carboxylic acids is 3. The lowest BCUT2D eigenvalue weighted by molar-refractivity contribution is -0.143. The minimum atomic E-state index is -0.495. The molecule has 3 aliphatic rings. The lowest BCUT2D eigenvalue weighted by Gasteiger charge is -2.17. The van der Waals surface area contributed by atoms with E-state index in [1.54, 1.807) is 13.0 Å². The normalized spacial score (nSPS) is 30.2. The lowest BCUT2D eigenvalue weighted by Crippen LogP contribution is -2.39. The molecule has 24 heavy (non-hydrogen) atoms. The van der Waals surface area contributed by atoms with Crippen molar-refractivity contribution in [1.82, 2.24) is 4.90 Å². The quantitative estimate of drug-likeness (QED) is 0.680. The first-order chi connectivity index (χ1) is 11.5. The summed E-state index contributed by atoms with van der Waals surface area (Å²) in [6, 6.07) is 4.09. The van der Waals surface area contributed by atoms with Gasteiger partial charge in [-0.1, -0.05) is 18.2 Å². The van der Waals surface area contributed by atoms with Crippen LogP contribution in [0.3, 0.4) is 0 Å². The van der Waals surface area contributed by atoms with Gasteiger partial charge in [0, 0.05) is 5.69 Å². The maximum Gasteiger partial charge on any atom is 0.244 e. The van der Waals surface area contributed by atoms with Crippen LogP contribution in [0.25, 0.3) is 0 Å². The average Bonchev–Trinajstić information content (AvgIpc) is 3.21. The Morgan fingerprint density at radius 1 is 1.21 bits per heavy atom. The molecule has 2 aliphatic carbocycles. The van der Waals surface area contributed by atoms with Crippen molar-refractivity contribution >= 4 is 23.4 Å². The van der Waals surface area contributed by atoms with E-state index in [0.29, 0.717) is 11.3 Å². The Morgan fingerprint density at radius 2 is 1.83 bits per heavy atom. The minimum absolute atomic E-state index is 0.120. The van der Waals surface area contributed by atoms with Crippen molar-refractivity contribution < 1.29 is 18.8 Å². The molecule has 4 atom stereocenters. The fraction of sp³-hybridized carbons (Fsp3) is 0.389. The molecule has 1 heterocycles. The number of aryl methyl sites for hydroxylation is 1. The minimum Gasteiger partial charge on any atom is -0.324 e. The number of benzene rings is 1. The molecule has 2 bridgehead atoms. The third-order valence-electron chi connectivity index (χ3n) is 5.34. The molecule has 124 valence electrons. The van der Waals surface area contributed by atoms with Gasteiger partial charge in [-0.15, -0.1) is 0 Å². The van der Waals surface area contributed by atoms with Gasteiger partial charge in [-0.3, -0.25) is 19.3 Å². The van der Waals surface area contributed by atoms with E-state index in [9.17, 15) is 18.8 Å². The van der Waals surface area contributed by atoms with Gasteiger partial charge < -0.3 is 5.32 Å². The topological polar surface area (TPSA) is 66.5 Å². The second-order valence-corrected chi connectivity index (χ2v) is 6.77. The monoisotopic (exact) mass is 328 g/mol. The third kappa shape index (κ3) is 2.17. The number of allylic oxidation sites excluding steroid dienone is 2. The number of rotatable bonds is 3. The fourth-order valence-corrected chi connectivity index (χ4v) is 4.18. The van der Waals surface area contributed by atoms with Crippen LogP contribution in [0.2, 0.25) is 0 Å². The highest BCUT2D eigenvalue weighted by atomic mass is 19.1. The first-order valence-corrected chi connectivity index (χ1v) is 8.05. The number of carbonyl (C=O) groups is 3. The number of nitrogens with one attached hydrogen (secondary N) is 1. The van der Waals surface area contributed by atoms with E-state index < -0.39 is 11.7 Å². The Balaban J connectivity index is 1.48. The highest BCUT2D eigenvalue weighted by molar-refractivity contribution is 6.09. The summed E-state index contributed by atoms with van der Waals surface area (Å²) < 4.78 is 13.3. The second-order valence-electron chi connectivity index (χ2n) is 6.77. The summed E-state index contributed by atoms with van der Waals surface area (Å²) in [5, 5.41) is 2.58. The molecule has 4 rings (SSSR count). The van der Waals surface area contributed by atoms with E-state index in [1.165, 1.54) is 12.1 Å². The molecule has 6 heteroatoms. The van der Waals surface area contributed by atoms with Crippen LogP contribution in [-0.2, 0) is 14.4 Å². The molecular weight excluding hydrogens is 311 g/mol. The van der Waals surface area contributed by atoms with Crippen LogP contribution >= 0.6 is 0 Å². The van der Waals surface area contributed by atoms with E-state index in [0.717, 1.165) is 11.3 Å². The molecule has 1 aromatic carbocycles. The molecule has 0 unspecified atom stereocenters. The molecule has 0 aromatic heterocycles. The summed E-state index contributed by atoms with van der Waals surface area (Å²) in [6.07, 6.45) is 4.88. The summed E-state index contributed by atoms with van der Waals surface area (Å²) in [5.41, 5.74) is 1.06. The molecular formula is C18H17FN2O3. The highest BCUT2D eigenvalue weighted by Crippen LogP contribution is 2.52. The summed E-state index contributed by atoms with van der Waals surface area (Å²) in [4.78, 5) is 38.3. The van der Waals surface area contributed by atoms with Crippen LogP contribution in [0, 0.1) is 36.4 Å². The van der Waals surface area contributed by atoms with Gasteiger partial charge in [0.05, 0.1) is 11.8 Å². The van der Waals surface area contributed by atoms with Gasteiger partial charge in [-0.05, 0) is 42.9 Å². The number of imide groups is 1. The van der Waals surface area contributed by atoms with Crippen LogP contribution < -0.4 is 5.32 Å². The van der Waals surface area contributed by atoms with Crippen LogP contribution in [0.5, 0.6) is 0 Å². The number of hydrogen-bond donors (Lipinski definition) is 1. The van der Waals surface area contributed by atoms with E-state index in [1.807, 2.05) is 12.2 Å². The molecule has 1 N–H and O–H groups in total. The molecule has 1 saturated heterocycles. The number of likely N-dealkylation sites (tertiary alicyclic amines) is 1. The molecule has 0 spiro atoms. The Kier molecular flexibility index (Phi) is 3.30. The molecule has 2 fully saturated rings. The molecule has 1 saturated carbocycles. The zero-order valence-corrected chi connectivity index (χ0v) is 13.2. The first-order valence-electron chi connectivity index (χ1n) is 8.05. The molecule has 5 nitrogen and oxygen atoms in total. The first kappa shape index (κ1) is 15.1. The fourth-order valence-electron chi connectivity index (χ4n) is 4.18. The van der Waals surface area contributed by atoms with E-state index >= 15 is 0 Å². The SMILES string of the molecule is Cc1ccc(F)cc1NC(=O)CN1C(=O)[C@@H]2[C@@H](C1=O)[C@H]1C=C[C@H]2C1. The average molecular weight is 328 g/mol. The maximum absolute atomic E-state index is 13.3. The smallest absolute Gasteiger partial charge is 0.244 e. The van der Waals surface area contributed by atoms with Gasteiger partial charge in [0.2, 0.25) is 17.7 Å². The predicted octanol–water partition coefficient (Wildman–Crippen LogP) is 1.88. The van der Waals surface area contributed by atoms with Gasteiger partial charge in [0.1, 0.15) is 12.4 Å². The van der Waals surface area contributed by atoms with Crippen molar-refractivity contribution in [1.29, 1.82) is 0 Å². The van der Waals surface area contributed by atoms with Crippen molar-refractivity contribution in [3.63, 3.8) is 0 Å². The van der Waals surface area contributed by atoms with E-state index in [2.05, 4.69) is 5.32 Å². The standard InChI is InChI=1S/C18H17FN2O3/c1-9-2-5-12(19)7-13(9)20-14(22)8-21-17(23)15-10-3-4-11(6-10)16(15)18(21)24/h2-5,7,10-11,15-16H,6,8H2,1H3,(H,20,22)/t10-,11-,15-,16-/m0/s1. The Morgan fingerprint density at radius 3 is 2.46 bits per heavy atom. The number of nitrogens with zero attached hydrogens (tertiary/aromatic N) is 1. The number of hydrogen-bond acceptors (Lipinski definition) is 3. The molecule has 0 radical (unpaired) electrons. The van der Waals surface area contributed by atoms with Gasteiger partial charge in [-0.25, -0.2) is 4.39 Å². The van der Waals surface area contributed by atoms with Crippen molar-refractivity contribution in [3.8, 4) is 0 Å². The Hall–Kier alpha value is -2.50. The number of halogens is 1. The van der Waals surface area contributed by atoms with Crippen LogP contribution in [-0.4, -0.2) is 29.2 Å². The van der Waals surface area contributed by atoms with Gasteiger partial charge in [0.15, 0.2) is 0 Å². The largest absolute Gasteiger partial charge is 0.324 e. The van der Waals surface area contributed by atoms with Crippen LogP contribution in [0.4, 0.5) is 10.1 Å². The third-order valence-corrected chi connectivity index (χ3v) is 5.34. The Bertz CT molecular complexity index is 758. The van der Waals surface area contributed by atoms with Crippen molar-refractivity contribution in [3.05, 3.63) is 41.7 Å². The van der Waals surface area contributed by atoms with Crippen molar-refractivity contribution in [2.75, 3.05) is 11.9 Å². The summed E-state index contributed by atoms with van der Waals surface area (Å²) in [6.45, 7) is 1.43. The lowest BCUT2D eigenvalue weighted by atomic mass is 9.85. The second kappa shape index (κ2) is 5.26. The van der Waals surface area contributed by atoms with Gasteiger partial charge >= 0.3 is 0 Å². The summed E-state index contributed by atoms with van der Waals surface area (Å²) >= 11 is 0. The van der Waals surface area contributed by atoms with Crippen molar-refractivity contribution in [2.24, 2.45) is 23.7 Å². The summed E-state index contributed by atoms with van der Waals surface area (Å²) in [7, 11) is 0. The van der Waals surface area contributed by atoms with Crippen LogP contribution in [0.1, 0.15) is 12.0 Å². The Labute approximate surface area is 138 Å². The van der Waals surface area contributed by atoms with Gasteiger partial charge in [-0.2, -0.15) is 0 Å². The highest BCUT2D eigenvalue weighted by Gasteiger charge is 2.59. The molecule has 1 aliphatic heterocycles.